The second-order valence-electron chi connectivity index (χ2n) is 9.69. The van der Waals surface area contributed by atoms with Crippen LogP contribution in [-0.2, 0) is 21.4 Å². The van der Waals surface area contributed by atoms with E-state index in [0.29, 0.717) is 48.7 Å². The van der Waals surface area contributed by atoms with Gasteiger partial charge in [0.2, 0.25) is 15.9 Å². The highest BCUT2D eigenvalue weighted by molar-refractivity contribution is 7.89. The molecule has 206 valence electrons. The Bertz CT molecular complexity index is 1590. The number of methoxy groups -OCH3 is 1. The molecule has 0 N–H and O–H groups in total. The third-order valence-electron chi connectivity index (χ3n) is 7.40. The summed E-state index contributed by atoms with van der Waals surface area (Å²) in [4.78, 5) is 35.3. The largest absolute Gasteiger partial charge is 0.495 e. The molecule has 1 amide bonds. The zero-order valence-corrected chi connectivity index (χ0v) is 23.5. The fourth-order valence-electron chi connectivity index (χ4n) is 5.23. The number of carbonyl (C=O) groups is 1. The molecule has 4 heterocycles. The molecule has 2 fully saturated rings. The third-order valence-corrected chi connectivity index (χ3v) is 10.6. The number of piperidine rings is 1. The standard InChI is InChI=1S/C26H30N6O5S2/c1-18-24(39(35,36)32-13-11-29(12-14-32)20-5-3-4-6-21(20)37-2)23-25(38-18)28-17-31(26(23)34)16-22(33)30-9-7-19(15-27)8-10-30/h3-6,17,19H,7-14,16H2,1-2H3. The second kappa shape index (κ2) is 11.0. The maximum absolute atomic E-state index is 13.9. The van der Waals surface area contributed by atoms with Gasteiger partial charge in [-0.15, -0.1) is 11.3 Å². The first-order valence-corrected chi connectivity index (χ1v) is 15.0. The van der Waals surface area contributed by atoms with Crippen molar-refractivity contribution in [1.29, 1.82) is 5.26 Å². The number of likely N-dealkylation sites (tertiary alicyclic amines) is 1. The zero-order chi connectivity index (χ0) is 27.7. The Morgan fingerprint density at radius 2 is 1.85 bits per heavy atom. The fraction of sp³-hybridized carbons (Fsp3) is 0.462. The van der Waals surface area contributed by atoms with Crippen molar-refractivity contribution in [2.24, 2.45) is 5.92 Å². The molecular formula is C26H30N6O5S2. The lowest BCUT2D eigenvalue weighted by Gasteiger charge is -2.35. The number of rotatable bonds is 6. The number of hydrogen-bond donors (Lipinski definition) is 0. The number of carbonyl (C=O) groups excluding carboxylic acids is 1. The van der Waals surface area contributed by atoms with Crippen LogP contribution >= 0.6 is 11.3 Å². The summed E-state index contributed by atoms with van der Waals surface area (Å²) in [6, 6.07) is 9.86. The van der Waals surface area contributed by atoms with Crippen LogP contribution in [0.4, 0.5) is 5.69 Å². The minimum absolute atomic E-state index is 0.0256. The van der Waals surface area contributed by atoms with E-state index in [0.717, 1.165) is 22.8 Å². The number of benzene rings is 1. The van der Waals surface area contributed by atoms with Gasteiger partial charge in [-0.25, -0.2) is 13.4 Å². The van der Waals surface area contributed by atoms with Crippen molar-refractivity contribution >= 4 is 43.2 Å². The molecule has 0 spiro atoms. The van der Waals surface area contributed by atoms with Crippen LogP contribution < -0.4 is 15.2 Å². The smallest absolute Gasteiger partial charge is 0.263 e. The molecule has 0 saturated carbocycles. The van der Waals surface area contributed by atoms with E-state index in [-0.39, 0.29) is 41.7 Å². The summed E-state index contributed by atoms with van der Waals surface area (Å²) in [5.74, 6) is 0.412. The summed E-state index contributed by atoms with van der Waals surface area (Å²) in [6.07, 6.45) is 2.51. The van der Waals surface area contributed by atoms with E-state index in [1.807, 2.05) is 24.3 Å². The number of aromatic nitrogens is 2. The van der Waals surface area contributed by atoms with Gasteiger partial charge in [-0.3, -0.25) is 14.2 Å². The van der Waals surface area contributed by atoms with Crippen molar-refractivity contribution in [1.82, 2.24) is 18.8 Å². The minimum atomic E-state index is -3.99. The molecule has 13 heteroatoms. The number of hydrogen-bond acceptors (Lipinski definition) is 9. The quantitative estimate of drug-likeness (QED) is 0.440. The lowest BCUT2D eigenvalue weighted by Crippen LogP contribution is -2.49. The van der Waals surface area contributed by atoms with Crippen molar-refractivity contribution in [2.45, 2.75) is 31.2 Å². The predicted octanol–water partition coefficient (Wildman–Crippen LogP) is 2.05. The number of anilines is 1. The van der Waals surface area contributed by atoms with E-state index in [2.05, 4.69) is 16.0 Å². The van der Waals surface area contributed by atoms with E-state index in [9.17, 15) is 18.0 Å². The summed E-state index contributed by atoms with van der Waals surface area (Å²) < 4.78 is 35.8. The topological polar surface area (TPSA) is 129 Å². The molecule has 0 atom stereocenters. The van der Waals surface area contributed by atoms with Gasteiger partial charge >= 0.3 is 0 Å². The molecule has 11 nitrogen and oxygen atoms in total. The maximum atomic E-state index is 13.9. The first-order valence-electron chi connectivity index (χ1n) is 12.8. The van der Waals surface area contributed by atoms with E-state index < -0.39 is 15.6 Å². The Hall–Kier alpha value is -3.47. The number of amides is 1. The molecule has 0 bridgehead atoms. The first kappa shape index (κ1) is 27.1. The number of thiophene rings is 1. The molecule has 1 aromatic carbocycles. The SMILES string of the molecule is COc1ccccc1N1CCN(S(=O)(=O)c2c(C)sc3ncn(CC(=O)N4CCC(C#N)CC4)c(=O)c23)CC1. The third kappa shape index (κ3) is 5.11. The molecule has 2 aliphatic rings. The lowest BCUT2D eigenvalue weighted by molar-refractivity contribution is -0.133. The van der Waals surface area contributed by atoms with Crippen molar-refractivity contribution in [3.05, 3.63) is 45.8 Å². The number of fused-ring (bicyclic) bond motifs is 1. The summed E-state index contributed by atoms with van der Waals surface area (Å²) in [5.41, 5.74) is 0.360. The Morgan fingerprint density at radius 1 is 1.15 bits per heavy atom. The molecule has 0 radical (unpaired) electrons. The van der Waals surface area contributed by atoms with Crippen LogP contribution in [0.1, 0.15) is 17.7 Å². The molecule has 39 heavy (non-hydrogen) atoms. The fourth-order valence-corrected chi connectivity index (χ4v) is 8.32. The average Bonchev–Trinajstić information content (AvgIpc) is 3.32. The molecule has 0 unspecified atom stereocenters. The second-order valence-corrected chi connectivity index (χ2v) is 12.8. The van der Waals surface area contributed by atoms with Gasteiger partial charge in [-0.1, -0.05) is 12.1 Å². The summed E-state index contributed by atoms with van der Waals surface area (Å²) in [5, 5.41) is 9.13. The van der Waals surface area contributed by atoms with Crippen molar-refractivity contribution in [2.75, 3.05) is 51.3 Å². The van der Waals surface area contributed by atoms with Gasteiger partial charge in [-0.05, 0) is 31.9 Å². The molecule has 0 aliphatic carbocycles. The number of piperazine rings is 1. The monoisotopic (exact) mass is 570 g/mol. The highest BCUT2D eigenvalue weighted by atomic mass is 32.2. The van der Waals surface area contributed by atoms with Gasteiger partial charge in [0, 0.05) is 50.1 Å². The zero-order valence-electron chi connectivity index (χ0n) is 21.9. The Labute approximate surface area is 230 Å². The van der Waals surface area contributed by atoms with Crippen LogP contribution in [0.25, 0.3) is 10.2 Å². The number of nitrogens with zero attached hydrogens (tertiary/aromatic N) is 6. The normalized spacial score (nSPS) is 17.4. The number of para-hydroxylation sites is 2. The van der Waals surface area contributed by atoms with Crippen LogP contribution in [0.2, 0.25) is 0 Å². The Balaban J connectivity index is 1.38. The van der Waals surface area contributed by atoms with Gasteiger partial charge < -0.3 is 14.5 Å². The number of ether oxygens (including phenoxy) is 1. The van der Waals surface area contributed by atoms with Gasteiger partial charge in [0.1, 0.15) is 22.0 Å². The van der Waals surface area contributed by atoms with Crippen LogP contribution in [-0.4, -0.2) is 79.5 Å². The molecule has 2 aromatic heterocycles. The maximum Gasteiger partial charge on any atom is 0.263 e. The van der Waals surface area contributed by atoms with E-state index >= 15 is 0 Å². The molecule has 2 saturated heterocycles. The number of aryl methyl sites for hydroxylation is 1. The van der Waals surface area contributed by atoms with E-state index in [1.54, 1.807) is 18.9 Å². The van der Waals surface area contributed by atoms with E-state index in [4.69, 9.17) is 10.00 Å². The van der Waals surface area contributed by atoms with Gasteiger partial charge in [0.15, 0.2) is 0 Å². The van der Waals surface area contributed by atoms with Crippen molar-refractivity contribution in [3.8, 4) is 11.8 Å². The number of sulfonamides is 1. The summed E-state index contributed by atoms with van der Waals surface area (Å²) in [6.45, 7) is 3.81. The molecule has 5 rings (SSSR count). The van der Waals surface area contributed by atoms with Crippen LogP contribution in [0, 0.1) is 24.2 Å². The lowest BCUT2D eigenvalue weighted by atomic mass is 9.99. The summed E-state index contributed by atoms with van der Waals surface area (Å²) in [7, 11) is -2.38. The van der Waals surface area contributed by atoms with Crippen molar-refractivity contribution in [3.63, 3.8) is 0 Å². The number of nitriles is 1. The summed E-state index contributed by atoms with van der Waals surface area (Å²) >= 11 is 1.16. The average molecular weight is 571 g/mol. The minimum Gasteiger partial charge on any atom is -0.495 e. The van der Waals surface area contributed by atoms with Crippen molar-refractivity contribution < 1.29 is 17.9 Å². The first-order chi connectivity index (χ1) is 18.7. The van der Waals surface area contributed by atoms with Gasteiger partial charge in [-0.2, -0.15) is 9.57 Å². The molecule has 2 aliphatic heterocycles. The molecular weight excluding hydrogens is 540 g/mol. The highest BCUT2D eigenvalue weighted by Gasteiger charge is 2.34. The van der Waals surface area contributed by atoms with Gasteiger partial charge in [0.05, 0.1) is 30.6 Å². The molecule has 3 aromatic rings. The van der Waals surface area contributed by atoms with Crippen LogP contribution in [0.5, 0.6) is 5.75 Å². The Kier molecular flexibility index (Phi) is 7.61. The van der Waals surface area contributed by atoms with E-state index in [1.165, 1.54) is 15.2 Å². The Morgan fingerprint density at radius 3 is 2.51 bits per heavy atom. The van der Waals surface area contributed by atoms with Crippen LogP contribution in [0.3, 0.4) is 0 Å². The highest BCUT2D eigenvalue weighted by Crippen LogP contribution is 2.34. The predicted molar refractivity (Wildman–Crippen MR) is 147 cm³/mol. The van der Waals surface area contributed by atoms with Crippen LogP contribution in [0.15, 0.2) is 40.3 Å². The van der Waals surface area contributed by atoms with Gasteiger partial charge in [0.25, 0.3) is 5.56 Å².